The van der Waals surface area contributed by atoms with E-state index in [0.29, 0.717) is 28.6 Å². The SMILES string of the molecule is COc1nc2nc(C)nc(N[C@H](C)c3cccc(C(F)F)c3F)c2cc1[C@H]1CCCN(C)C1. The predicted molar refractivity (Wildman–Crippen MR) is 121 cm³/mol. The van der Waals surface area contributed by atoms with Crippen LogP contribution in [0.3, 0.4) is 0 Å². The largest absolute Gasteiger partial charge is 0.481 e. The number of anilines is 1. The molecule has 3 aromatic rings. The zero-order valence-corrected chi connectivity index (χ0v) is 19.2. The standard InChI is InChI=1S/C24H28F3N5O/c1-13(16-8-5-9-17(20(16)25)21(26)27)28-22-19-11-18(15-7-6-10-32(3)12-15)24(33-4)31-23(19)30-14(2)29-22/h5,8-9,11,13,15,21H,6-7,10,12H2,1-4H3,(H,28,29,30,31)/t13-,15+/m1/s1. The summed E-state index contributed by atoms with van der Waals surface area (Å²) in [6.07, 6.45) is -0.785. The second-order valence-corrected chi connectivity index (χ2v) is 8.60. The highest BCUT2D eigenvalue weighted by Gasteiger charge is 2.25. The Balaban J connectivity index is 1.76. The van der Waals surface area contributed by atoms with Crippen LogP contribution in [0.4, 0.5) is 19.0 Å². The van der Waals surface area contributed by atoms with E-state index in [-0.39, 0.29) is 11.5 Å². The van der Waals surface area contributed by atoms with Gasteiger partial charge in [-0.2, -0.15) is 4.98 Å². The van der Waals surface area contributed by atoms with Crippen LogP contribution in [0.2, 0.25) is 0 Å². The molecule has 4 rings (SSSR count). The van der Waals surface area contributed by atoms with Gasteiger partial charge in [0.05, 0.1) is 24.1 Å². The molecule has 6 nitrogen and oxygen atoms in total. The van der Waals surface area contributed by atoms with Crippen LogP contribution in [-0.2, 0) is 0 Å². The molecule has 0 amide bonds. The quantitative estimate of drug-likeness (QED) is 0.533. The molecule has 1 aromatic carbocycles. The molecule has 0 saturated carbocycles. The molecule has 0 bridgehead atoms. The summed E-state index contributed by atoms with van der Waals surface area (Å²) in [5, 5.41) is 3.88. The Morgan fingerprint density at radius 2 is 1.94 bits per heavy atom. The van der Waals surface area contributed by atoms with E-state index in [9.17, 15) is 13.2 Å². The summed E-state index contributed by atoms with van der Waals surface area (Å²) in [5.41, 5.74) is 0.974. The summed E-state index contributed by atoms with van der Waals surface area (Å²) in [7, 11) is 3.69. The number of methoxy groups -OCH3 is 1. The van der Waals surface area contributed by atoms with E-state index in [2.05, 4.69) is 32.2 Å². The molecule has 2 atom stereocenters. The zero-order valence-electron chi connectivity index (χ0n) is 19.2. The molecule has 3 heterocycles. The topological polar surface area (TPSA) is 63.2 Å². The zero-order chi connectivity index (χ0) is 23.7. The minimum absolute atomic E-state index is 0.146. The molecule has 2 aromatic heterocycles. The van der Waals surface area contributed by atoms with Crippen molar-refractivity contribution in [3.8, 4) is 5.88 Å². The molecule has 0 unspecified atom stereocenters. The average molecular weight is 460 g/mol. The minimum Gasteiger partial charge on any atom is -0.481 e. The van der Waals surface area contributed by atoms with Crippen molar-refractivity contribution in [3.63, 3.8) is 0 Å². The van der Waals surface area contributed by atoms with Crippen molar-refractivity contribution in [2.45, 2.75) is 45.1 Å². The molecule has 176 valence electrons. The minimum atomic E-state index is -2.88. The van der Waals surface area contributed by atoms with Crippen LogP contribution in [0.25, 0.3) is 11.0 Å². The number of fused-ring (bicyclic) bond motifs is 1. The predicted octanol–water partition coefficient (Wildman–Crippen LogP) is 5.40. The lowest BCUT2D eigenvalue weighted by Crippen LogP contribution is -2.31. The Labute approximate surface area is 191 Å². The summed E-state index contributed by atoms with van der Waals surface area (Å²) in [5.74, 6) is 0.845. The number of likely N-dealkylation sites (tertiary alicyclic amines) is 1. The van der Waals surface area contributed by atoms with E-state index in [0.717, 1.165) is 37.6 Å². The average Bonchev–Trinajstić information content (AvgIpc) is 2.78. The summed E-state index contributed by atoms with van der Waals surface area (Å²) in [6, 6.07) is 5.42. The first-order valence-corrected chi connectivity index (χ1v) is 11.0. The number of nitrogens with one attached hydrogen (secondary N) is 1. The summed E-state index contributed by atoms with van der Waals surface area (Å²) in [4.78, 5) is 15.9. The highest BCUT2D eigenvalue weighted by molar-refractivity contribution is 5.88. The number of ether oxygens (including phenoxy) is 1. The molecule has 1 fully saturated rings. The second kappa shape index (κ2) is 9.51. The van der Waals surface area contributed by atoms with E-state index < -0.39 is 23.8 Å². The third-order valence-electron chi connectivity index (χ3n) is 6.16. The number of benzene rings is 1. The third-order valence-corrected chi connectivity index (χ3v) is 6.16. The van der Waals surface area contributed by atoms with Crippen LogP contribution in [0.1, 0.15) is 60.7 Å². The van der Waals surface area contributed by atoms with Gasteiger partial charge in [0, 0.05) is 23.6 Å². The highest BCUT2D eigenvalue weighted by atomic mass is 19.3. The Bertz CT molecular complexity index is 1160. The van der Waals surface area contributed by atoms with Gasteiger partial charge in [0.2, 0.25) is 5.88 Å². The number of hydrogen-bond donors (Lipinski definition) is 1. The van der Waals surface area contributed by atoms with Crippen molar-refractivity contribution in [1.29, 1.82) is 0 Å². The molecule has 1 aliphatic rings. The van der Waals surface area contributed by atoms with Gasteiger partial charge in [-0.3, -0.25) is 0 Å². The number of likely N-dealkylation sites (N-methyl/N-ethyl adjacent to an activating group) is 1. The van der Waals surface area contributed by atoms with Crippen molar-refractivity contribution in [2.75, 3.05) is 32.6 Å². The van der Waals surface area contributed by atoms with Gasteiger partial charge < -0.3 is 15.0 Å². The third kappa shape index (κ3) is 4.73. The van der Waals surface area contributed by atoms with Gasteiger partial charge in [-0.1, -0.05) is 18.2 Å². The second-order valence-electron chi connectivity index (χ2n) is 8.60. The van der Waals surface area contributed by atoms with Crippen LogP contribution >= 0.6 is 0 Å². The number of alkyl halides is 2. The molecule has 0 radical (unpaired) electrons. The summed E-state index contributed by atoms with van der Waals surface area (Å²) < 4.78 is 46.7. The first-order chi connectivity index (χ1) is 15.8. The van der Waals surface area contributed by atoms with Gasteiger partial charge in [0.25, 0.3) is 6.43 Å². The number of piperidine rings is 1. The van der Waals surface area contributed by atoms with Crippen molar-refractivity contribution in [2.24, 2.45) is 0 Å². The Morgan fingerprint density at radius 1 is 1.18 bits per heavy atom. The van der Waals surface area contributed by atoms with Crippen molar-refractivity contribution >= 4 is 16.9 Å². The summed E-state index contributed by atoms with van der Waals surface area (Å²) >= 11 is 0. The Hall–Kier alpha value is -2.94. The molecular formula is C24H28F3N5O. The highest BCUT2D eigenvalue weighted by Crippen LogP contribution is 2.36. The van der Waals surface area contributed by atoms with Crippen LogP contribution in [0, 0.1) is 12.7 Å². The first kappa shape index (κ1) is 23.2. The first-order valence-electron chi connectivity index (χ1n) is 11.0. The fourth-order valence-corrected chi connectivity index (χ4v) is 4.50. The van der Waals surface area contributed by atoms with Crippen molar-refractivity contribution in [3.05, 3.63) is 52.6 Å². The van der Waals surface area contributed by atoms with E-state index in [1.807, 2.05) is 6.07 Å². The van der Waals surface area contributed by atoms with Crippen LogP contribution in [0.5, 0.6) is 5.88 Å². The molecule has 1 saturated heterocycles. The van der Waals surface area contributed by atoms with Gasteiger partial charge >= 0.3 is 0 Å². The van der Waals surface area contributed by atoms with E-state index in [4.69, 9.17) is 4.74 Å². The Morgan fingerprint density at radius 3 is 2.64 bits per heavy atom. The van der Waals surface area contributed by atoms with E-state index >= 15 is 0 Å². The number of aryl methyl sites for hydroxylation is 1. The maximum atomic E-state index is 14.7. The summed E-state index contributed by atoms with van der Waals surface area (Å²) in [6.45, 7) is 5.40. The lowest BCUT2D eigenvalue weighted by Gasteiger charge is -2.30. The maximum Gasteiger partial charge on any atom is 0.266 e. The number of halogens is 3. The normalized spacial score (nSPS) is 18.0. The van der Waals surface area contributed by atoms with Crippen molar-refractivity contribution < 1.29 is 17.9 Å². The van der Waals surface area contributed by atoms with Gasteiger partial charge in [-0.25, -0.2) is 23.1 Å². The van der Waals surface area contributed by atoms with Gasteiger partial charge in [-0.05, 0) is 46.3 Å². The molecule has 0 spiro atoms. The molecular weight excluding hydrogens is 431 g/mol. The molecule has 33 heavy (non-hydrogen) atoms. The van der Waals surface area contributed by atoms with Gasteiger partial charge in [0.1, 0.15) is 17.5 Å². The lowest BCUT2D eigenvalue weighted by molar-refractivity contribution is 0.146. The molecule has 1 N–H and O–H groups in total. The number of hydrogen-bond acceptors (Lipinski definition) is 6. The monoisotopic (exact) mass is 459 g/mol. The van der Waals surface area contributed by atoms with E-state index in [1.165, 1.54) is 12.1 Å². The number of nitrogens with zero attached hydrogens (tertiary/aromatic N) is 4. The fraction of sp³-hybridized carbons (Fsp3) is 0.458. The van der Waals surface area contributed by atoms with Crippen molar-refractivity contribution in [1.82, 2.24) is 19.9 Å². The Kier molecular flexibility index (Phi) is 6.69. The number of aromatic nitrogens is 3. The molecule has 9 heteroatoms. The van der Waals surface area contributed by atoms with Crippen LogP contribution in [-0.4, -0.2) is 47.1 Å². The number of pyridine rings is 1. The lowest BCUT2D eigenvalue weighted by atomic mass is 9.91. The smallest absolute Gasteiger partial charge is 0.266 e. The van der Waals surface area contributed by atoms with Crippen LogP contribution < -0.4 is 10.1 Å². The van der Waals surface area contributed by atoms with Gasteiger partial charge in [0.15, 0.2) is 5.65 Å². The fourth-order valence-electron chi connectivity index (χ4n) is 4.50. The molecule has 1 aliphatic heterocycles. The molecule has 0 aliphatic carbocycles. The van der Waals surface area contributed by atoms with Crippen LogP contribution in [0.15, 0.2) is 24.3 Å². The van der Waals surface area contributed by atoms with E-state index in [1.54, 1.807) is 21.0 Å². The maximum absolute atomic E-state index is 14.7. The number of rotatable bonds is 6. The van der Waals surface area contributed by atoms with Gasteiger partial charge in [-0.15, -0.1) is 0 Å².